The monoisotopic (exact) mass is 380 g/mol. The molecule has 0 spiro atoms. The molecule has 26 heavy (non-hydrogen) atoms. The molecule has 3 heterocycles. The molecular weight excluding hydrogens is 364 g/mol. The molecule has 1 fully saturated rings. The van der Waals surface area contributed by atoms with Crippen LogP contribution in [-0.4, -0.2) is 47.0 Å². The van der Waals surface area contributed by atoms with Gasteiger partial charge in [-0.1, -0.05) is 35.6 Å². The van der Waals surface area contributed by atoms with Gasteiger partial charge >= 0.3 is 0 Å². The number of aromatic nitrogens is 2. The third-order valence-electron chi connectivity index (χ3n) is 4.60. The first kappa shape index (κ1) is 15.7. The number of piperazine rings is 1. The van der Waals surface area contributed by atoms with Gasteiger partial charge in [0.2, 0.25) is 0 Å². The number of thiazole rings is 2. The summed E-state index contributed by atoms with van der Waals surface area (Å²) >= 11 is 3.19. The van der Waals surface area contributed by atoms with Crippen molar-refractivity contribution < 1.29 is 4.79 Å². The molecule has 5 nitrogen and oxygen atoms in total. The van der Waals surface area contributed by atoms with Crippen molar-refractivity contribution in [3.63, 3.8) is 0 Å². The number of carbonyl (C=O) groups excluding carboxylic acids is 1. The first-order valence-electron chi connectivity index (χ1n) is 8.53. The van der Waals surface area contributed by atoms with Crippen LogP contribution in [0.3, 0.4) is 0 Å². The zero-order valence-corrected chi connectivity index (χ0v) is 15.6. The Labute approximate surface area is 158 Å². The highest BCUT2D eigenvalue weighted by atomic mass is 32.1. The molecule has 0 unspecified atom stereocenters. The van der Waals surface area contributed by atoms with Gasteiger partial charge in [-0.05, 0) is 24.3 Å². The van der Waals surface area contributed by atoms with Crippen LogP contribution in [0, 0.1) is 0 Å². The van der Waals surface area contributed by atoms with Crippen LogP contribution in [0.2, 0.25) is 0 Å². The van der Waals surface area contributed by atoms with Crippen molar-refractivity contribution >= 4 is 54.1 Å². The van der Waals surface area contributed by atoms with Crippen molar-refractivity contribution in [1.82, 2.24) is 14.9 Å². The average Bonchev–Trinajstić information content (AvgIpc) is 3.31. The lowest BCUT2D eigenvalue weighted by Crippen LogP contribution is -2.48. The van der Waals surface area contributed by atoms with E-state index >= 15 is 0 Å². The summed E-state index contributed by atoms with van der Waals surface area (Å²) in [6.07, 6.45) is 0. The van der Waals surface area contributed by atoms with Gasteiger partial charge in [0.05, 0.1) is 20.4 Å². The molecule has 7 heteroatoms. The van der Waals surface area contributed by atoms with Crippen LogP contribution in [0.25, 0.3) is 20.4 Å². The van der Waals surface area contributed by atoms with E-state index in [1.165, 1.54) is 16.0 Å². The highest BCUT2D eigenvalue weighted by Crippen LogP contribution is 2.29. The zero-order chi connectivity index (χ0) is 17.5. The Morgan fingerprint density at radius 3 is 2.08 bits per heavy atom. The van der Waals surface area contributed by atoms with Crippen molar-refractivity contribution in [3.8, 4) is 0 Å². The van der Waals surface area contributed by atoms with Gasteiger partial charge in [-0.15, -0.1) is 11.3 Å². The summed E-state index contributed by atoms with van der Waals surface area (Å²) in [7, 11) is 0. The molecule has 0 saturated carbocycles. The van der Waals surface area contributed by atoms with Gasteiger partial charge in [0.1, 0.15) is 0 Å². The summed E-state index contributed by atoms with van der Waals surface area (Å²) in [6, 6.07) is 16.1. The van der Waals surface area contributed by atoms with Gasteiger partial charge in [-0.2, -0.15) is 0 Å². The van der Waals surface area contributed by atoms with Gasteiger partial charge in [0, 0.05) is 26.2 Å². The summed E-state index contributed by atoms with van der Waals surface area (Å²) in [4.78, 5) is 26.2. The van der Waals surface area contributed by atoms with E-state index in [4.69, 9.17) is 4.98 Å². The average molecular weight is 380 g/mol. The van der Waals surface area contributed by atoms with Gasteiger partial charge < -0.3 is 9.80 Å². The fraction of sp³-hybridized carbons (Fsp3) is 0.211. The second kappa shape index (κ2) is 6.34. The van der Waals surface area contributed by atoms with Crippen LogP contribution in [0.1, 0.15) is 9.80 Å². The van der Waals surface area contributed by atoms with Crippen LogP contribution in [0.4, 0.5) is 5.13 Å². The Bertz CT molecular complexity index is 1030. The van der Waals surface area contributed by atoms with E-state index in [2.05, 4.69) is 16.0 Å². The maximum atomic E-state index is 12.8. The van der Waals surface area contributed by atoms with Crippen LogP contribution in [0.15, 0.2) is 48.5 Å². The van der Waals surface area contributed by atoms with E-state index in [1.54, 1.807) is 11.3 Å². The first-order chi connectivity index (χ1) is 12.8. The number of fused-ring (bicyclic) bond motifs is 2. The molecule has 1 aliphatic heterocycles. The summed E-state index contributed by atoms with van der Waals surface area (Å²) in [5, 5.41) is 1.62. The van der Waals surface area contributed by atoms with Crippen molar-refractivity contribution in [3.05, 3.63) is 53.5 Å². The smallest absolute Gasteiger partial charge is 0.282 e. The molecule has 2 aromatic heterocycles. The molecular formula is C19H16N4OS2. The molecule has 5 rings (SSSR count). The van der Waals surface area contributed by atoms with Crippen LogP contribution >= 0.6 is 22.7 Å². The molecule has 0 atom stereocenters. The fourth-order valence-electron chi connectivity index (χ4n) is 3.20. The molecule has 1 aliphatic rings. The number of carbonyl (C=O) groups is 1. The number of nitrogens with zero attached hydrogens (tertiary/aromatic N) is 4. The summed E-state index contributed by atoms with van der Waals surface area (Å²) in [5.74, 6) is 0.0372. The maximum Gasteiger partial charge on any atom is 0.282 e. The molecule has 2 aromatic carbocycles. The minimum Gasteiger partial charge on any atom is -0.345 e. The number of anilines is 1. The molecule has 0 N–H and O–H groups in total. The van der Waals surface area contributed by atoms with Crippen molar-refractivity contribution in [1.29, 1.82) is 0 Å². The largest absolute Gasteiger partial charge is 0.345 e. The summed E-state index contributed by atoms with van der Waals surface area (Å²) in [5.41, 5.74) is 1.94. The Kier molecular flexibility index (Phi) is 3.83. The van der Waals surface area contributed by atoms with Crippen LogP contribution in [0.5, 0.6) is 0 Å². The van der Waals surface area contributed by atoms with E-state index in [1.807, 2.05) is 47.4 Å². The maximum absolute atomic E-state index is 12.8. The third-order valence-corrected chi connectivity index (χ3v) is 6.72. The van der Waals surface area contributed by atoms with E-state index < -0.39 is 0 Å². The minimum atomic E-state index is 0.0372. The fourth-order valence-corrected chi connectivity index (χ4v) is 5.15. The van der Waals surface area contributed by atoms with Gasteiger partial charge in [0.25, 0.3) is 5.91 Å². The second-order valence-corrected chi connectivity index (χ2v) is 8.27. The van der Waals surface area contributed by atoms with E-state index in [0.29, 0.717) is 18.1 Å². The van der Waals surface area contributed by atoms with Gasteiger partial charge in [-0.3, -0.25) is 4.79 Å². The molecule has 0 radical (unpaired) electrons. The Morgan fingerprint density at radius 2 is 1.42 bits per heavy atom. The zero-order valence-electron chi connectivity index (χ0n) is 14.0. The SMILES string of the molecule is O=C(c1nc2ccccc2s1)N1CCN(c2nc3ccccc3s2)CC1. The summed E-state index contributed by atoms with van der Waals surface area (Å²) < 4.78 is 2.26. The Balaban J connectivity index is 1.31. The number of para-hydroxylation sites is 2. The van der Waals surface area contributed by atoms with E-state index in [-0.39, 0.29) is 5.91 Å². The Morgan fingerprint density at radius 1 is 0.808 bits per heavy atom. The molecule has 1 saturated heterocycles. The highest BCUT2D eigenvalue weighted by Gasteiger charge is 2.25. The van der Waals surface area contributed by atoms with E-state index in [0.717, 1.165) is 34.0 Å². The number of hydrogen-bond donors (Lipinski definition) is 0. The topological polar surface area (TPSA) is 49.3 Å². The number of hydrogen-bond acceptors (Lipinski definition) is 6. The first-order valence-corrected chi connectivity index (χ1v) is 10.2. The van der Waals surface area contributed by atoms with Gasteiger partial charge in [-0.25, -0.2) is 9.97 Å². The van der Waals surface area contributed by atoms with Crippen LogP contribution in [-0.2, 0) is 0 Å². The van der Waals surface area contributed by atoms with E-state index in [9.17, 15) is 4.79 Å². The standard InChI is InChI=1S/C19H16N4OS2/c24-18(17-20-13-5-1-3-7-15(13)25-17)22-9-11-23(12-10-22)19-21-14-6-2-4-8-16(14)26-19/h1-8H,9-12H2. The van der Waals surface area contributed by atoms with Crippen molar-refractivity contribution in [2.45, 2.75) is 0 Å². The normalized spacial score (nSPS) is 15.1. The third kappa shape index (κ3) is 2.73. The molecule has 4 aromatic rings. The Hall–Kier alpha value is -2.51. The summed E-state index contributed by atoms with van der Waals surface area (Å²) in [6.45, 7) is 3.00. The second-order valence-electron chi connectivity index (χ2n) is 6.23. The van der Waals surface area contributed by atoms with Crippen molar-refractivity contribution in [2.75, 3.05) is 31.1 Å². The lowest BCUT2D eigenvalue weighted by Gasteiger charge is -2.34. The predicted octanol–water partition coefficient (Wildman–Crippen LogP) is 3.87. The predicted molar refractivity (Wildman–Crippen MR) is 107 cm³/mol. The number of rotatable bonds is 2. The van der Waals surface area contributed by atoms with Crippen molar-refractivity contribution in [2.24, 2.45) is 0 Å². The minimum absolute atomic E-state index is 0.0372. The van der Waals surface area contributed by atoms with Crippen LogP contribution < -0.4 is 4.90 Å². The molecule has 130 valence electrons. The number of amides is 1. The molecule has 0 bridgehead atoms. The molecule has 0 aliphatic carbocycles. The number of benzene rings is 2. The van der Waals surface area contributed by atoms with Gasteiger partial charge in [0.15, 0.2) is 10.1 Å². The highest BCUT2D eigenvalue weighted by molar-refractivity contribution is 7.22. The lowest BCUT2D eigenvalue weighted by molar-refractivity contribution is 0.0746. The lowest BCUT2D eigenvalue weighted by atomic mass is 10.3. The molecule has 1 amide bonds. The quantitative estimate of drug-likeness (QED) is 0.530.